The van der Waals surface area contributed by atoms with E-state index in [1.54, 1.807) is 18.3 Å². The van der Waals surface area contributed by atoms with Crippen LogP contribution in [0, 0.1) is 5.92 Å². The molecule has 0 fully saturated rings. The Morgan fingerprint density at radius 2 is 2.14 bits per heavy atom. The van der Waals surface area contributed by atoms with Gasteiger partial charge in [-0.05, 0) is 31.4 Å². The Bertz CT molecular complexity index is 435. The van der Waals surface area contributed by atoms with Crippen molar-refractivity contribution in [3.05, 3.63) is 23.9 Å². The topological polar surface area (TPSA) is 63.2 Å². The number of hydrogen-bond acceptors (Lipinski definition) is 4. The highest BCUT2D eigenvalue weighted by Crippen LogP contribution is 2.13. The molecule has 2 N–H and O–H groups in total. The highest BCUT2D eigenvalue weighted by molar-refractivity contribution is 5.98. The number of carbonyl (C=O) groups is 1. The number of nitrogens with zero attached hydrogens (tertiary/aromatic N) is 1. The van der Waals surface area contributed by atoms with Gasteiger partial charge in [0.2, 0.25) is 0 Å². The van der Waals surface area contributed by atoms with Crippen molar-refractivity contribution in [3.63, 3.8) is 0 Å². The van der Waals surface area contributed by atoms with Crippen LogP contribution in [0.4, 0.5) is 5.82 Å². The molecule has 0 aliphatic heterocycles. The molecule has 1 atom stereocenters. The third-order valence-electron chi connectivity index (χ3n) is 3.22. The molecule has 1 heterocycles. The molecular weight excluding hydrogens is 266 g/mol. The van der Waals surface area contributed by atoms with Crippen molar-refractivity contribution < 1.29 is 9.53 Å². The van der Waals surface area contributed by atoms with E-state index in [0.717, 1.165) is 13.0 Å². The molecule has 1 aromatic rings. The Morgan fingerprint density at radius 1 is 1.38 bits per heavy atom. The summed E-state index contributed by atoms with van der Waals surface area (Å²) in [6.45, 7) is 10.1. The van der Waals surface area contributed by atoms with Crippen molar-refractivity contribution in [1.82, 2.24) is 10.3 Å². The molecule has 1 unspecified atom stereocenters. The Hall–Kier alpha value is -1.62. The second-order valence-electron chi connectivity index (χ2n) is 5.31. The maximum atomic E-state index is 12.5. The fourth-order valence-electron chi connectivity index (χ4n) is 1.86. The summed E-state index contributed by atoms with van der Waals surface area (Å²) in [5, 5.41) is 6.23. The quantitative estimate of drug-likeness (QED) is 0.735. The summed E-state index contributed by atoms with van der Waals surface area (Å²) in [6.07, 6.45) is 2.67. The number of rotatable bonds is 9. The number of ether oxygens (including phenoxy) is 1. The summed E-state index contributed by atoms with van der Waals surface area (Å²) in [5.41, 5.74) is 0.577. The van der Waals surface area contributed by atoms with Gasteiger partial charge in [0, 0.05) is 19.3 Å². The summed E-state index contributed by atoms with van der Waals surface area (Å²) in [7, 11) is 0. The van der Waals surface area contributed by atoms with Gasteiger partial charge in [-0.3, -0.25) is 4.79 Å². The Balaban J connectivity index is 2.77. The highest BCUT2D eigenvalue weighted by Gasteiger charge is 2.19. The second kappa shape index (κ2) is 9.34. The molecule has 1 amide bonds. The van der Waals surface area contributed by atoms with E-state index in [-0.39, 0.29) is 11.9 Å². The highest BCUT2D eigenvalue weighted by atomic mass is 16.5. The van der Waals surface area contributed by atoms with E-state index in [9.17, 15) is 4.79 Å². The second-order valence-corrected chi connectivity index (χ2v) is 5.31. The van der Waals surface area contributed by atoms with Crippen LogP contribution in [-0.2, 0) is 4.74 Å². The fourth-order valence-corrected chi connectivity index (χ4v) is 1.86. The van der Waals surface area contributed by atoms with Crippen LogP contribution < -0.4 is 10.6 Å². The molecule has 0 aromatic carbocycles. The maximum Gasteiger partial charge on any atom is 0.255 e. The summed E-state index contributed by atoms with van der Waals surface area (Å²) in [6, 6.07) is 3.56. The molecule has 5 heteroatoms. The van der Waals surface area contributed by atoms with E-state index in [1.165, 1.54) is 0 Å². The van der Waals surface area contributed by atoms with Crippen LogP contribution in [0.3, 0.4) is 0 Å². The number of amides is 1. The summed E-state index contributed by atoms with van der Waals surface area (Å²) < 4.78 is 5.44. The third kappa shape index (κ3) is 5.71. The first-order valence-electron chi connectivity index (χ1n) is 7.67. The smallest absolute Gasteiger partial charge is 0.255 e. The van der Waals surface area contributed by atoms with Crippen molar-refractivity contribution in [1.29, 1.82) is 0 Å². The lowest BCUT2D eigenvalue weighted by Gasteiger charge is -2.22. The fraction of sp³-hybridized carbons (Fsp3) is 0.625. The van der Waals surface area contributed by atoms with Gasteiger partial charge in [0.1, 0.15) is 5.82 Å². The molecule has 5 nitrogen and oxygen atoms in total. The lowest BCUT2D eigenvalue weighted by Crippen LogP contribution is -2.42. The van der Waals surface area contributed by atoms with E-state index in [0.29, 0.717) is 30.5 Å². The van der Waals surface area contributed by atoms with Crippen LogP contribution in [0.1, 0.15) is 44.5 Å². The number of anilines is 1. The van der Waals surface area contributed by atoms with Gasteiger partial charge in [0.05, 0.1) is 18.2 Å². The normalized spacial score (nSPS) is 12.2. The molecule has 0 aliphatic carbocycles. The van der Waals surface area contributed by atoms with Crippen LogP contribution in [0.25, 0.3) is 0 Å². The van der Waals surface area contributed by atoms with Crippen molar-refractivity contribution in [2.45, 2.75) is 40.2 Å². The van der Waals surface area contributed by atoms with E-state index in [2.05, 4.69) is 36.4 Å². The van der Waals surface area contributed by atoms with E-state index < -0.39 is 0 Å². The summed E-state index contributed by atoms with van der Waals surface area (Å²) in [4.78, 5) is 16.7. The number of nitrogens with one attached hydrogen (secondary N) is 2. The Kier molecular flexibility index (Phi) is 7.75. The van der Waals surface area contributed by atoms with Crippen molar-refractivity contribution >= 4 is 11.7 Å². The van der Waals surface area contributed by atoms with Gasteiger partial charge in [-0.1, -0.05) is 20.8 Å². The largest absolute Gasteiger partial charge is 0.380 e. The number of aromatic nitrogens is 1. The van der Waals surface area contributed by atoms with Crippen molar-refractivity contribution in [2.24, 2.45) is 5.92 Å². The number of hydrogen-bond donors (Lipinski definition) is 2. The molecule has 0 radical (unpaired) electrons. The van der Waals surface area contributed by atoms with Gasteiger partial charge in [-0.25, -0.2) is 4.98 Å². The van der Waals surface area contributed by atoms with Crippen LogP contribution in [-0.4, -0.2) is 36.7 Å². The predicted octanol–water partition coefficient (Wildman–Crippen LogP) is 2.69. The molecule has 0 spiro atoms. The molecule has 1 rings (SSSR count). The summed E-state index contributed by atoms with van der Waals surface area (Å²) in [5.74, 6) is 0.833. The zero-order valence-corrected chi connectivity index (χ0v) is 13.5. The monoisotopic (exact) mass is 293 g/mol. The molecule has 0 aliphatic rings. The third-order valence-corrected chi connectivity index (χ3v) is 3.22. The molecule has 0 bridgehead atoms. The minimum Gasteiger partial charge on any atom is -0.380 e. The maximum absolute atomic E-state index is 12.5. The Labute approximate surface area is 127 Å². The van der Waals surface area contributed by atoms with Gasteiger partial charge in [0.15, 0.2) is 0 Å². The van der Waals surface area contributed by atoms with Crippen LogP contribution >= 0.6 is 0 Å². The van der Waals surface area contributed by atoms with E-state index >= 15 is 0 Å². The molecule has 1 aromatic heterocycles. The minimum atomic E-state index is -0.111. The standard InChI is InChI=1S/C16H27N3O2/c1-5-9-17-15-13(8-7-10-18-15)16(20)19-14(12(3)4)11-21-6-2/h7-8,10,12,14H,5-6,9,11H2,1-4H3,(H,17,18)(H,19,20). The van der Waals surface area contributed by atoms with E-state index in [4.69, 9.17) is 4.74 Å². The lowest BCUT2D eigenvalue weighted by molar-refractivity contribution is 0.0806. The Morgan fingerprint density at radius 3 is 2.76 bits per heavy atom. The lowest BCUT2D eigenvalue weighted by atomic mass is 10.0. The van der Waals surface area contributed by atoms with Crippen LogP contribution in [0.2, 0.25) is 0 Å². The van der Waals surface area contributed by atoms with Gasteiger partial charge < -0.3 is 15.4 Å². The summed E-state index contributed by atoms with van der Waals surface area (Å²) >= 11 is 0. The van der Waals surface area contributed by atoms with Crippen LogP contribution in [0.15, 0.2) is 18.3 Å². The SMILES string of the molecule is CCCNc1ncccc1C(=O)NC(COCC)C(C)C. The molecule has 118 valence electrons. The van der Waals surface area contributed by atoms with Crippen molar-refractivity contribution in [2.75, 3.05) is 25.1 Å². The first-order chi connectivity index (χ1) is 10.1. The van der Waals surface area contributed by atoms with Crippen molar-refractivity contribution in [3.8, 4) is 0 Å². The first-order valence-corrected chi connectivity index (χ1v) is 7.67. The van der Waals surface area contributed by atoms with Gasteiger partial charge in [-0.2, -0.15) is 0 Å². The number of pyridine rings is 1. The first kappa shape index (κ1) is 17.4. The van der Waals surface area contributed by atoms with Gasteiger partial charge >= 0.3 is 0 Å². The van der Waals surface area contributed by atoms with Gasteiger partial charge in [-0.15, -0.1) is 0 Å². The predicted molar refractivity (Wildman–Crippen MR) is 85.6 cm³/mol. The zero-order chi connectivity index (χ0) is 15.7. The average molecular weight is 293 g/mol. The van der Waals surface area contributed by atoms with Crippen LogP contribution in [0.5, 0.6) is 0 Å². The minimum absolute atomic E-state index is 0.00307. The zero-order valence-electron chi connectivity index (χ0n) is 13.5. The molecular formula is C16H27N3O2. The molecule has 0 saturated carbocycles. The van der Waals surface area contributed by atoms with E-state index in [1.807, 2.05) is 6.92 Å². The van der Waals surface area contributed by atoms with Gasteiger partial charge in [0.25, 0.3) is 5.91 Å². The molecule has 21 heavy (non-hydrogen) atoms. The molecule has 0 saturated heterocycles. The number of carbonyl (C=O) groups excluding carboxylic acids is 1. The average Bonchev–Trinajstić information content (AvgIpc) is 2.49.